The fourth-order valence-corrected chi connectivity index (χ4v) is 1.61. The van der Waals surface area contributed by atoms with Crippen LogP contribution in [0.2, 0.25) is 0 Å². The van der Waals surface area contributed by atoms with Gasteiger partial charge < -0.3 is 5.11 Å². The molecule has 2 aromatic rings. The van der Waals surface area contributed by atoms with Crippen molar-refractivity contribution >= 4 is 5.97 Å². The van der Waals surface area contributed by atoms with Crippen LogP contribution in [-0.2, 0) is 4.79 Å². The molecule has 0 amide bonds. The summed E-state index contributed by atoms with van der Waals surface area (Å²) in [7, 11) is 0. The second-order valence-corrected chi connectivity index (χ2v) is 3.67. The standard InChI is InChI=1S/C11H12N4O2/c1-7(11(16)17)15-8(2)13-14-10(15)9-5-3-4-6-12-9/h3-7H,1-2H3,(H,16,17). The number of aryl methyl sites for hydroxylation is 1. The molecule has 0 aliphatic carbocycles. The number of nitrogens with zero attached hydrogens (tertiary/aromatic N) is 4. The zero-order valence-electron chi connectivity index (χ0n) is 9.53. The second kappa shape index (κ2) is 4.32. The first-order chi connectivity index (χ1) is 8.11. The average Bonchev–Trinajstić information content (AvgIpc) is 2.71. The highest BCUT2D eigenvalue weighted by molar-refractivity contribution is 5.72. The predicted molar refractivity (Wildman–Crippen MR) is 60.3 cm³/mol. The Morgan fingerprint density at radius 1 is 1.41 bits per heavy atom. The molecule has 0 aromatic carbocycles. The van der Waals surface area contributed by atoms with Crippen LogP contribution in [0.3, 0.4) is 0 Å². The van der Waals surface area contributed by atoms with E-state index in [0.717, 1.165) is 0 Å². The minimum absolute atomic E-state index is 0.470. The van der Waals surface area contributed by atoms with E-state index in [-0.39, 0.29) is 0 Å². The fourth-order valence-electron chi connectivity index (χ4n) is 1.61. The van der Waals surface area contributed by atoms with Crippen molar-refractivity contribution in [1.29, 1.82) is 0 Å². The van der Waals surface area contributed by atoms with Crippen molar-refractivity contribution in [2.45, 2.75) is 19.9 Å². The van der Waals surface area contributed by atoms with Crippen molar-refractivity contribution in [3.05, 3.63) is 30.2 Å². The fraction of sp³-hybridized carbons (Fsp3) is 0.273. The Bertz CT molecular complexity index is 536. The third-order valence-electron chi connectivity index (χ3n) is 2.50. The molecule has 0 radical (unpaired) electrons. The molecule has 2 aromatic heterocycles. The van der Waals surface area contributed by atoms with Crippen LogP contribution >= 0.6 is 0 Å². The van der Waals surface area contributed by atoms with Gasteiger partial charge in [0.15, 0.2) is 5.82 Å². The van der Waals surface area contributed by atoms with Gasteiger partial charge >= 0.3 is 5.97 Å². The van der Waals surface area contributed by atoms with Crippen molar-refractivity contribution in [3.8, 4) is 11.5 Å². The van der Waals surface area contributed by atoms with Gasteiger partial charge in [0.2, 0.25) is 0 Å². The minimum Gasteiger partial charge on any atom is -0.480 e. The summed E-state index contributed by atoms with van der Waals surface area (Å²) < 4.78 is 1.56. The SMILES string of the molecule is Cc1nnc(-c2ccccn2)n1C(C)C(=O)O. The molecule has 1 atom stereocenters. The first-order valence-electron chi connectivity index (χ1n) is 5.17. The number of rotatable bonds is 3. The Balaban J connectivity index is 2.54. The van der Waals surface area contributed by atoms with E-state index in [1.54, 1.807) is 36.7 Å². The number of carboxylic acids is 1. The molecule has 88 valence electrons. The quantitative estimate of drug-likeness (QED) is 0.862. The topological polar surface area (TPSA) is 80.9 Å². The lowest BCUT2D eigenvalue weighted by Crippen LogP contribution is -2.18. The van der Waals surface area contributed by atoms with Gasteiger partial charge in [0, 0.05) is 6.20 Å². The highest BCUT2D eigenvalue weighted by atomic mass is 16.4. The van der Waals surface area contributed by atoms with Gasteiger partial charge in [-0.3, -0.25) is 9.55 Å². The maximum absolute atomic E-state index is 11.0. The molecule has 0 spiro atoms. The molecule has 17 heavy (non-hydrogen) atoms. The highest BCUT2D eigenvalue weighted by Crippen LogP contribution is 2.20. The molecule has 2 heterocycles. The molecule has 0 aliphatic rings. The number of aromatic nitrogens is 4. The maximum Gasteiger partial charge on any atom is 0.326 e. The van der Waals surface area contributed by atoms with E-state index in [0.29, 0.717) is 17.3 Å². The van der Waals surface area contributed by atoms with Gasteiger partial charge in [-0.15, -0.1) is 10.2 Å². The third kappa shape index (κ3) is 2.01. The Morgan fingerprint density at radius 2 is 2.18 bits per heavy atom. The summed E-state index contributed by atoms with van der Waals surface area (Å²) in [6.07, 6.45) is 1.63. The molecule has 0 bridgehead atoms. The third-order valence-corrected chi connectivity index (χ3v) is 2.50. The van der Waals surface area contributed by atoms with Crippen LogP contribution in [-0.4, -0.2) is 30.8 Å². The molecular weight excluding hydrogens is 220 g/mol. The van der Waals surface area contributed by atoms with E-state index < -0.39 is 12.0 Å². The van der Waals surface area contributed by atoms with E-state index in [1.165, 1.54) is 0 Å². The second-order valence-electron chi connectivity index (χ2n) is 3.67. The molecule has 0 saturated carbocycles. The first kappa shape index (κ1) is 11.3. The van der Waals surface area contributed by atoms with Gasteiger partial charge in [0.1, 0.15) is 17.6 Å². The molecule has 2 rings (SSSR count). The molecule has 6 nitrogen and oxygen atoms in total. The summed E-state index contributed by atoms with van der Waals surface area (Å²) in [4.78, 5) is 15.2. The van der Waals surface area contributed by atoms with Gasteiger partial charge in [0.05, 0.1) is 0 Å². The molecule has 1 unspecified atom stereocenters. The van der Waals surface area contributed by atoms with Crippen LogP contribution in [0.1, 0.15) is 18.8 Å². The van der Waals surface area contributed by atoms with Gasteiger partial charge in [0.25, 0.3) is 0 Å². The number of aliphatic carboxylic acids is 1. The summed E-state index contributed by atoms with van der Waals surface area (Å²) in [6.45, 7) is 3.31. The molecule has 6 heteroatoms. The number of carboxylic acid groups (broad SMARTS) is 1. The average molecular weight is 232 g/mol. The number of hydrogen-bond acceptors (Lipinski definition) is 4. The highest BCUT2D eigenvalue weighted by Gasteiger charge is 2.21. The Kier molecular flexibility index (Phi) is 2.86. The smallest absolute Gasteiger partial charge is 0.326 e. The monoisotopic (exact) mass is 232 g/mol. The number of pyridine rings is 1. The van der Waals surface area contributed by atoms with Crippen LogP contribution < -0.4 is 0 Å². The van der Waals surface area contributed by atoms with E-state index in [9.17, 15) is 4.79 Å². The zero-order valence-corrected chi connectivity index (χ0v) is 9.53. The van der Waals surface area contributed by atoms with Crippen LogP contribution in [0.5, 0.6) is 0 Å². The summed E-state index contributed by atoms with van der Waals surface area (Å²) in [5, 5.41) is 16.9. The van der Waals surface area contributed by atoms with Crippen molar-refractivity contribution in [1.82, 2.24) is 19.7 Å². The largest absolute Gasteiger partial charge is 0.480 e. The van der Waals surface area contributed by atoms with Gasteiger partial charge in [-0.1, -0.05) is 6.07 Å². The normalized spacial score (nSPS) is 12.4. The van der Waals surface area contributed by atoms with Crippen LogP contribution in [0.15, 0.2) is 24.4 Å². The summed E-state index contributed by atoms with van der Waals surface area (Å²) >= 11 is 0. The molecular formula is C11H12N4O2. The van der Waals surface area contributed by atoms with E-state index >= 15 is 0 Å². The Morgan fingerprint density at radius 3 is 2.76 bits per heavy atom. The molecule has 0 aliphatic heterocycles. The Labute approximate surface area is 98.0 Å². The predicted octanol–water partition coefficient (Wildman–Crippen LogP) is 1.29. The summed E-state index contributed by atoms with van der Waals surface area (Å²) in [6, 6.07) is 4.66. The van der Waals surface area contributed by atoms with E-state index in [2.05, 4.69) is 15.2 Å². The Hall–Kier alpha value is -2.24. The van der Waals surface area contributed by atoms with Crippen molar-refractivity contribution < 1.29 is 9.90 Å². The maximum atomic E-state index is 11.0. The molecule has 1 N–H and O–H groups in total. The lowest BCUT2D eigenvalue weighted by atomic mass is 10.3. The van der Waals surface area contributed by atoms with Gasteiger partial charge in [-0.2, -0.15) is 0 Å². The lowest BCUT2D eigenvalue weighted by Gasteiger charge is -2.12. The molecule has 0 fully saturated rings. The van der Waals surface area contributed by atoms with Crippen LogP contribution in [0, 0.1) is 6.92 Å². The van der Waals surface area contributed by atoms with Gasteiger partial charge in [-0.05, 0) is 26.0 Å². The van der Waals surface area contributed by atoms with Crippen molar-refractivity contribution in [3.63, 3.8) is 0 Å². The summed E-state index contributed by atoms with van der Waals surface area (Å²) in [5.74, 6) is 0.101. The van der Waals surface area contributed by atoms with E-state index in [4.69, 9.17) is 5.11 Å². The first-order valence-corrected chi connectivity index (χ1v) is 5.17. The van der Waals surface area contributed by atoms with E-state index in [1.807, 2.05) is 6.07 Å². The molecule has 0 saturated heterocycles. The summed E-state index contributed by atoms with van der Waals surface area (Å²) in [5.41, 5.74) is 0.612. The van der Waals surface area contributed by atoms with Gasteiger partial charge in [-0.25, -0.2) is 4.79 Å². The number of hydrogen-bond donors (Lipinski definition) is 1. The number of carbonyl (C=O) groups is 1. The lowest BCUT2D eigenvalue weighted by molar-refractivity contribution is -0.140. The van der Waals surface area contributed by atoms with Crippen molar-refractivity contribution in [2.75, 3.05) is 0 Å². The minimum atomic E-state index is -0.926. The van der Waals surface area contributed by atoms with Crippen molar-refractivity contribution in [2.24, 2.45) is 0 Å². The van der Waals surface area contributed by atoms with Crippen LogP contribution in [0.25, 0.3) is 11.5 Å². The van der Waals surface area contributed by atoms with Crippen LogP contribution in [0.4, 0.5) is 0 Å². The zero-order chi connectivity index (χ0) is 12.4.